The van der Waals surface area contributed by atoms with E-state index < -0.39 is 0 Å². The molecule has 2 heterocycles. The number of carbonyl (C=O) groups is 1. The number of nitrogens with zero attached hydrogens (tertiary/aromatic N) is 4. The van der Waals surface area contributed by atoms with Gasteiger partial charge >= 0.3 is 116 Å². The van der Waals surface area contributed by atoms with E-state index in [1.807, 2.05) is 34.9 Å². The van der Waals surface area contributed by atoms with Gasteiger partial charge in [0, 0.05) is 6.92 Å². The molecule has 0 spiro atoms. The van der Waals surface area contributed by atoms with Crippen molar-refractivity contribution < 1.29 is 131 Å². The molecule has 1 aromatic carbocycles. The van der Waals surface area contributed by atoms with Gasteiger partial charge in [0.25, 0.3) is 0 Å². The van der Waals surface area contributed by atoms with Gasteiger partial charge in [-0.25, -0.2) is 4.98 Å². The first-order chi connectivity index (χ1) is 15.0. The zero-order valence-corrected chi connectivity index (χ0v) is 30.4. The van der Waals surface area contributed by atoms with Crippen LogP contribution in [0.3, 0.4) is 0 Å². The van der Waals surface area contributed by atoms with E-state index in [9.17, 15) is 9.59 Å². The number of anilines is 1. The Morgan fingerprint density at radius 1 is 1.30 bits per heavy atom. The van der Waals surface area contributed by atoms with E-state index in [0.717, 1.165) is 24.0 Å². The summed E-state index contributed by atoms with van der Waals surface area (Å²) in [5.74, 6) is 0.474. The maximum absolute atomic E-state index is 11.6. The molecular weight excluding hydrogens is 581 g/mol. The Labute approximate surface area is 293 Å². The van der Waals surface area contributed by atoms with E-state index in [4.69, 9.17) is 4.74 Å². The van der Waals surface area contributed by atoms with Crippen LogP contribution < -0.4 is 126 Å². The second-order valence-electron chi connectivity index (χ2n) is 7.71. The number of benzene rings is 1. The molecule has 11 heteroatoms. The van der Waals surface area contributed by atoms with Crippen LogP contribution in [0, 0.1) is 5.92 Å². The normalized spacial score (nSPS) is 19.6. The number of carbonyl (C=O) groups excluding carboxylic acids is 1. The summed E-state index contributed by atoms with van der Waals surface area (Å²) in [6.45, 7) is 8.16. The van der Waals surface area contributed by atoms with Crippen LogP contribution in [-0.2, 0) is 11.4 Å². The molecule has 33 heavy (non-hydrogen) atoms. The van der Waals surface area contributed by atoms with Gasteiger partial charge in [-0.3, -0.25) is 19.9 Å². The molecule has 0 saturated heterocycles. The van der Waals surface area contributed by atoms with Crippen molar-refractivity contribution in [3.63, 3.8) is 0 Å². The molecule has 2 N–H and O–H groups in total. The molecule has 4 rings (SSSR count). The second kappa shape index (κ2) is 13.8. The minimum absolute atomic E-state index is 0. The van der Waals surface area contributed by atoms with Gasteiger partial charge < -0.3 is 14.1 Å². The molecule has 1 radical (unpaired) electrons. The van der Waals surface area contributed by atoms with Gasteiger partial charge in [0.1, 0.15) is 6.61 Å². The fourth-order valence-corrected chi connectivity index (χ4v) is 5.16. The average molecular weight is 606 g/mol. The summed E-state index contributed by atoms with van der Waals surface area (Å²) in [6.07, 6.45) is 3.42. The third-order valence-electron chi connectivity index (χ3n) is 5.70. The number of allylic oxidation sites excluding steroid dienone is 1. The van der Waals surface area contributed by atoms with E-state index >= 15 is 0 Å². The zero-order valence-electron chi connectivity index (χ0n) is 19.6. The van der Waals surface area contributed by atoms with Crippen molar-refractivity contribution in [2.24, 2.45) is 5.92 Å². The Bertz CT molecular complexity index is 1110. The number of nitrogens with one attached hydrogen (secondary N) is 1. The van der Waals surface area contributed by atoms with Crippen molar-refractivity contribution in [1.29, 1.82) is 0 Å². The number of ether oxygens (including phenoxy) is 1. The smallest absolute Gasteiger partial charge is 0.634 e. The fourth-order valence-electron chi connectivity index (χ4n) is 4.20. The SMILES string of the molecule is C=C1[C@H](CC)[C@@H]([Si-]O)C[C@@H]1n1cnc2c(OCc3ccccc3)nc(NC(C)=O)nc21.[Rb+].[Rb+]. The summed E-state index contributed by atoms with van der Waals surface area (Å²) in [7, 11) is -0.131. The largest absolute Gasteiger partial charge is 1.00 e. The molecular formula is C22H25N5O3Rb2Si+. The van der Waals surface area contributed by atoms with Crippen LogP contribution in [0.25, 0.3) is 11.2 Å². The number of imidazole rings is 1. The van der Waals surface area contributed by atoms with Crippen molar-refractivity contribution in [3.05, 3.63) is 54.4 Å². The van der Waals surface area contributed by atoms with Gasteiger partial charge in [-0.05, 0) is 11.5 Å². The van der Waals surface area contributed by atoms with Crippen molar-refractivity contribution in [1.82, 2.24) is 19.5 Å². The van der Waals surface area contributed by atoms with E-state index in [0.29, 0.717) is 23.7 Å². The summed E-state index contributed by atoms with van der Waals surface area (Å²) >= 11 is 0. The third-order valence-corrected chi connectivity index (χ3v) is 6.67. The van der Waals surface area contributed by atoms with E-state index in [2.05, 4.69) is 33.8 Å². The van der Waals surface area contributed by atoms with Crippen LogP contribution in [0.1, 0.15) is 38.3 Å². The van der Waals surface area contributed by atoms with Crippen LogP contribution in [0.5, 0.6) is 5.88 Å². The number of aromatic nitrogens is 4. The monoisotopic (exact) mass is 605 g/mol. The molecule has 1 aliphatic rings. The molecule has 161 valence electrons. The van der Waals surface area contributed by atoms with E-state index in [1.54, 1.807) is 6.33 Å². The molecule has 1 aliphatic carbocycles. The molecule has 1 fully saturated rings. The summed E-state index contributed by atoms with van der Waals surface area (Å²) in [5.41, 5.74) is 3.35. The van der Waals surface area contributed by atoms with Gasteiger partial charge in [-0.2, -0.15) is 15.5 Å². The molecule has 1 amide bonds. The number of fused-ring (bicyclic) bond motifs is 1. The maximum Gasteiger partial charge on any atom is 1.00 e. The first-order valence-corrected chi connectivity index (χ1v) is 11.3. The van der Waals surface area contributed by atoms with Crippen molar-refractivity contribution in [3.8, 4) is 5.88 Å². The zero-order chi connectivity index (χ0) is 22.0. The second-order valence-corrected chi connectivity index (χ2v) is 8.71. The van der Waals surface area contributed by atoms with Gasteiger partial charge in [0.05, 0.1) is 12.4 Å². The van der Waals surface area contributed by atoms with Crippen LogP contribution in [0.15, 0.2) is 48.8 Å². The molecule has 8 nitrogen and oxygen atoms in total. The first-order valence-electron chi connectivity index (χ1n) is 10.3. The molecule has 3 aromatic rings. The van der Waals surface area contributed by atoms with E-state index in [1.165, 1.54) is 6.92 Å². The Morgan fingerprint density at radius 3 is 2.64 bits per heavy atom. The predicted octanol–water partition coefficient (Wildman–Crippen LogP) is -2.70. The summed E-state index contributed by atoms with van der Waals surface area (Å²) < 4.78 is 7.94. The maximum atomic E-state index is 11.6. The Balaban J connectivity index is 0.00000193. The van der Waals surface area contributed by atoms with Gasteiger partial charge in [-0.15, -0.1) is 0 Å². The number of amides is 1. The van der Waals surface area contributed by atoms with Gasteiger partial charge in [0.2, 0.25) is 17.7 Å². The van der Waals surface area contributed by atoms with Crippen LogP contribution >= 0.6 is 0 Å². The van der Waals surface area contributed by atoms with Crippen molar-refractivity contribution in [2.45, 2.75) is 44.9 Å². The quantitative estimate of drug-likeness (QED) is 0.224. The Morgan fingerprint density at radius 2 is 2.03 bits per heavy atom. The molecule has 0 bridgehead atoms. The molecule has 2 aromatic heterocycles. The summed E-state index contributed by atoms with van der Waals surface area (Å²) in [6, 6.07) is 9.74. The standard InChI is InChI=1S/C22H25N5O3Si.2Rb/c1-4-16-13(2)17(10-18(16)31-29)27-12-23-19-20(27)25-22(24-14(3)28)26-21(19)30-11-15-8-6-5-7-9-15;;/h5-9,12,16-18,29H,2,4,10-11H2,1,3H3,(H,24,25,26,28);;/q-1;2*+1/t16-,17-,18-;;/m0../s1. The van der Waals surface area contributed by atoms with Crippen LogP contribution in [0.2, 0.25) is 5.54 Å². The number of rotatable bonds is 7. The molecule has 0 aliphatic heterocycles. The number of hydrogen-bond acceptors (Lipinski definition) is 6. The Kier molecular flexibility index (Phi) is 12.4. The molecule has 1 saturated carbocycles. The first kappa shape index (κ1) is 29.8. The van der Waals surface area contributed by atoms with E-state index in [-0.39, 0.29) is 155 Å². The summed E-state index contributed by atoms with van der Waals surface area (Å²) in [5, 5.41) is 2.65. The van der Waals surface area contributed by atoms with Crippen molar-refractivity contribution >= 4 is 32.8 Å². The Hall–Kier alpha value is 0.567. The van der Waals surface area contributed by atoms with Crippen LogP contribution in [-0.4, -0.2) is 40.0 Å². The third kappa shape index (κ3) is 6.87. The minimum atomic E-state index is -0.266. The summed E-state index contributed by atoms with van der Waals surface area (Å²) in [4.78, 5) is 34.9. The predicted molar refractivity (Wildman–Crippen MR) is 119 cm³/mol. The average Bonchev–Trinajstić information content (AvgIpc) is 3.32. The minimum Gasteiger partial charge on any atom is -0.634 e. The topological polar surface area (TPSA) is 102 Å². The van der Waals surface area contributed by atoms with Crippen molar-refractivity contribution in [2.75, 3.05) is 5.32 Å². The number of hydrogen-bond donors (Lipinski definition) is 2. The molecule has 0 unspecified atom stereocenters. The fraction of sp³-hybridized carbons (Fsp3) is 0.364. The van der Waals surface area contributed by atoms with Gasteiger partial charge in [0.15, 0.2) is 11.2 Å². The molecule has 3 atom stereocenters. The van der Waals surface area contributed by atoms with Crippen LogP contribution in [0.4, 0.5) is 5.95 Å². The van der Waals surface area contributed by atoms with Gasteiger partial charge in [-0.1, -0.05) is 62.2 Å².